The summed E-state index contributed by atoms with van der Waals surface area (Å²) in [6.45, 7) is 6.79. The highest BCUT2D eigenvalue weighted by Crippen LogP contribution is 2.18. The first kappa shape index (κ1) is 23.0. The molecule has 2 fully saturated rings. The standard InChI is InChI=1S/C8H13NO2.C7H12O3.C3H7N/c1-2-11-8(10)5-6-9-7-3-4-7;1-3-9-6-5-7(8)10-4-2;4-3-1-2-3/h5-7,9H,2-4H2,1H3;5-6H,3-4H2,1-2H3;3H,1-2,4H2/b2*6-5-;. The van der Waals surface area contributed by atoms with E-state index in [1.807, 2.05) is 6.92 Å². The van der Waals surface area contributed by atoms with Gasteiger partial charge in [0.25, 0.3) is 0 Å². The van der Waals surface area contributed by atoms with Crippen molar-refractivity contribution in [2.75, 3.05) is 19.8 Å². The highest BCUT2D eigenvalue weighted by molar-refractivity contribution is 5.82. The summed E-state index contributed by atoms with van der Waals surface area (Å²) >= 11 is 0. The van der Waals surface area contributed by atoms with Gasteiger partial charge in [0.2, 0.25) is 0 Å². The maximum atomic E-state index is 10.7. The summed E-state index contributed by atoms with van der Waals surface area (Å²) in [4.78, 5) is 21.2. The second kappa shape index (κ2) is 15.5. The molecule has 2 aliphatic carbocycles. The maximum Gasteiger partial charge on any atom is 0.333 e. The molecule has 0 aliphatic heterocycles. The van der Waals surface area contributed by atoms with Crippen molar-refractivity contribution in [1.29, 1.82) is 0 Å². The SMILES string of the molecule is CCO/C=C\C(=O)OCC.CCOC(=O)/C=C\NC1CC1.NC1CC1. The number of carbonyl (C=O) groups excluding carboxylic acids is 2. The van der Waals surface area contributed by atoms with Gasteiger partial charge in [0.05, 0.1) is 32.2 Å². The predicted molar refractivity (Wildman–Crippen MR) is 96.5 cm³/mol. The Morgan fingerprint density at radius 1 is 0.960 bits per heavy atom. The molecule has 25 heavy (non-hydrogen) atoms. The fourth-order valence-electron chi connectivity index (χ4n) is 1.18. The molecule has 7 heteroatoms. The molecule has 0 bridgehead atoms. The molecule has 144 valence electrons. The number of ether oxygens (including phenoxy) is 3. The summed E-state index contributed by atoms with van der Waals surface area (Å²) < 4.78 is 14.0. The molecule has 0 unspecified atom stereocenters. The van der Waals surface area contributed by atoms with Crippen LogP contribution in [0, 0.1) is 0 Å². The van der Waals surface area contributed by atoms with Crippen LogP contribution in [0.5, 0.6) is 0 Å². The minimum atomic E-state index is -0.365. The van der Waals surface area contributed by atoms with E-state index < -0.39 is 0 Å². The predicted octanol–water partition coefficient (Wildman–Crippen LogP) is 2.02. The van der Waals surface area contributed by atoms with Crippen LogP contribution < -0.4 is 11.1 Å². The van der Waals surface area contributed by atoms with Gasteiger partial charge in [-0.15, -0.1) is 0 Å². The number of nitrogens with one attached hydrogen (secondary N) is 1. The van der Waals surface area contributed by atoms with Crippen LogP contribution >= 0.6 is 0 Å². The zero-order valence-corrected chi connectivity index (χ0v) is 15.5. The van der Waals surface area contributed by atoms with Gasteiger partial charge in [0.1, 0.15) is 0 Å². The smallest absolute Gasteiger partial charge is 0.333 e. The second-order valence-electron chi connectivity index (χ2n) is 5.37. The number of nitrogens with two attached hydrogens (primary N) is 1. The van der Waals surface area contributed by atoms with E-state index >= 15 is 0 Å². The molecule has 2 rings (SSSR count). The van der Waals surface area contributed by atoms with Crippen molar-refractivity contribution < 1.29 is 23.8 Å². The first-order valence-electron chi connectivity index (χ1n) is 8.83. The van der Waals surface area contributed by atoms with Gasteiger partial charge in [-0.25, -0.2) is 9.59 Å². The molecule has 2 aliphatic rings. The molecule has 0 heterocycles. The first-order chi connectivity index (χ1) is 12.0. The van der Waals surface area contributed by atoms with Crippen LogP contribution in [-0.4, -0.2) is 43.8 Å². The molecule has 3 N–H and O–H groups in total. The fraction of sp³-hybridized carbons (Fsp3) is 0.667. The molecule has 0 radical (unpaired) electrons. The number of carbonyl (C=O) groups is 2. The summed E-state index contributed by atoms with van der Waals surface area (Å²) in [5.74, 6) is -0.642. The van der Waals surface area contributed by atoms with Gasteiger partial charge < -0.3 is 25.3 Å². The van der Waals surface area contributed by atoms with Crippen molar-refractivity contribution in [2.45, 2.75) is 58.5 Å². The summed E-state index contributed by atoms with van der Waals surface area (Å²) in [5.41, 5.74) is 5.22. The molecular weight excluding hydrogens is 324 g/mol. The Balaban J connectivity index is 0.000000378. The topological polar surface area (TPSA) is 99.9 Å². The van der Waals surface area contributed by atoms with Crippen molar-refractivity contribution in [2.24, 2.45) is 5.73 Å². The summed E-state index contributed by atoms with van der Waals surface area (Å²) in [7, 11) is 0. The van der Waals surface area contributed by atoms with E-state index in [1.165, 1.54) is 44.1 Å². The Morgan fingerprint density at radius 2 is 1.48 bits per heavy atom. The molecule has 2 saturated carbocycles. The minimum absolute atomic E-state index is 0.277. The largest absolute Gasteiger partial charge is 0.501 e. The van der Waals surface area contributed by atoms with Gasteiger partial charge in [-0.1, -0.05) is 0 Å². The first-order valence-corrected chi connectivity index (χ1v) is 8.83. The van der Waals surface area contributed by atoms with Gasteiger partial charge in [-0.05, 0) is 46.5 Å². The highest BCUT2D eigenvalue weighted by atomic mass is 16.5. The van der Waals surface area contributed by atoms with Crippen molar-refractivity contribution in [3.05, 3.63) is 24.6 Å². The maximum absolute atomic E-state index is 10.7. The van der Waals surface area contributed by atoms with Crippen molar-refractivity contribution in [1.82, 2.24) is 5.32 Å². The Hall–Kier alpha value is -2.02. The molecule has 0 aromatic carbocycles. The average molecular weight is 356 g/mol. The lowest BCUT2D eigenvalue weighted by molar-refractivity contribution is -0.138. The zero-order valence-electron chi connectivity index (χ0n) is 15.5. The summed E-state index contributed by atoms with van der Waals surface area (Å²) in [6, 6.07) is 1.18. The molecule has 0 atom stereocenters. The average Bonchev–Trinajstić information content (AvgIpc) is 3.48. The Morgan fingerprint density at radius 3 is 1.88 bits per heavy atom. The van der Waals surface area contributed by atoms with Gasteiger partial charge in [0.15, 0.2) is 0 Å². The number of esters is 2. The van der Waals surface area contributed by atoms with E-state index in [1.54, 1.807) is 20.0 Å². The lowest BCUT2D eigenvalue weighted by Gasteiger charge is -1.95. The lowest BCUT2D eigenvalue weighted by Crippen LogP contribution is -2.08. The third kappa shape index (κ3) is 19.9. The van der Waals surface area contributed by atoms with Crippen LogP contribution in [-0.2, 0) is 23.8 Å². The van der Waals surface area contributed by atoms with Gasteiger partial charge in [-0.2, -0.15) is 0 Å². The minimum Gasteiger partial charge on any atom is -0.501 e. The fourth-order valence-corrected chi connectivity index (χ4v) is 1.18. The molecule has 0 spiro atoms. The van der Waals surface area contributed by atoms with Crippen molar-refractivity contribution in [3.63, 3.8) is 0 Å². The monoisotopic (exact) mass is 356 g/mol. The molecule has 0 amide bonds. The van der Waals surface area contributed by atoms with E-state index in [9.17, 15) is 9.59 Å². The van der Waals surface area contributed by atoms with E-state index in [4.69, 9.17) is 10.5 Å². The van der Waals surface area contributed by atoms with Crippen molar-refractivity contribution in [3.8, 4) is 0 Å². The van der Waals surface area contributed by atoms with E-state index in [0.717, 1.165) is 0 Å². The van der Waals surface area contributed by atoms with E-state index in [2.05, 4.69) is 14.8 Å². The normalized spacial score (nSPS) is 15.5. The second-order valence-corrected chi connectivity index (χ2v) is 5.37. The van der Waals surface area contributed by atoms with E-state index in [-0.39, 0.29) is 11.9 Å². The number of hydrogen-bond acceptors (Lipinski definition) is 7. The van der Waals surface area contributed by atoms with Crippen LogP contribution in [0.4, 0.5) is 0 Å². The van der Waals surface area contributed by atoms with Gasteiger partial charge >= 0.3 is 11.9 Å². The third-order valence-electron chi connectivity index (χ3n) is 2.79. The summed E-state index contributed by atoms with van der Waals surface area (Å²) in [6.07, 6.45) is 10.6. The molecule has 0 saturated heterocycles. The van der Waals surface area contributed by atoms with E-state index in [0.29, 0.717) is 31.9 Å². The third-order valence-corrected chi connectivity index (χ3v) is 2.79. The molecule has 7 nitrogen and oxygen atoms in total. The number of rotatable bonds is 8. The van der Waals surface area contributed by atoms with Gasteiger partial charge in [-0.3, -0.25) is 0 Å². The lowest BCUT2D eigenvalue weighted by atomic mass is 10.6. The molecular formula is C18H32N2O5. The van der Waals surface area contributed by atoms with Gasteiger partial charge in [0, 0.05) is 24.4 Å². The quantitative estimate of drug-likeness (QED) is 0.390. The van der Waals surface area contributed by atoms with Crippen LogP contribution in [0.2, 0.25) is 0 Å². The highest BCUT2D eigenvalue weighted by Gasteiger charge is 2.18. The van der Waals surface area contributed by atoms with Crippen LogP contribution in [0.25, 0.3) is 0 Å². The van der Waals surface area contributed by atoms with Crippen LogP contribution in [0.15, 0.2) is 24.6 Å². The van der Waals surface area contributed by atoms with Crippen LogP contribution in [0.1, 0.15) is 46.5 Å². The summed E-state index contributed by atoms with van der Waals surface area (Å²) in [5, 5.41) is 3.06. The Bertz CT molecular complexity index is 416. The van der Waals surface area contributed by atoms with Crippen LogP contribution in [0.3, 0.4) is 0 Å². The Labute approximate surface area is 150 Å². The van der Waals surface area contributed by atoms with Crippen molar-refractivity contribution >= 4 is 11.9 Å². The zero-order chi connectivity index (χ0) is 18.9. The molecule has 0 aromatic rings. The molecule has 0 aromatic heterocycles. The number of hydrogen-bond donors (Lipinski definition) is 2. The Kier molecular flexibility index (Phi) is 14.3.